The Bertz CT molecular complexity index is 2060. The number of benzene rings is 4. The minimum Gasteiger partial charge on any atom is -0.493 e. The summed E-state index contributed by atoms with van der Waals surface area (Å²) in [5, 5.41) is 11.1. The molecule has 0 radical (unpaired) electrons. The van der Waals surface area contributed by atoms with Gasteiger partial charge in [0.15, 0.2) is 40.3 Å². The first-order chi connectivity index (χ1) is 26.8. The lowest BCUT2D eigenvalue weighted by atomic mass is 10.1. The first-order valence-corrected chi connectivity index (χ1v) is 18.5. The SMILES string of the molecule is COc1cc(C2NC(=O)c3cc(Cl)ccc3N2)ccc1OCCCCCCCCOc1cc(-c2cc(-c3cc(OC)c(OC)c(OC)c3)on2)ccc1OC. The third-order valence-corrected chi connectivity index (χ3v) is 9.53. The quantitative estimate of drug-likeness (QED) is 0.0779. The van der Waals surface area contributed by atoms with Gasteiger partial charge < -0.3 is 48.3 Å². The smallest absolute Gasteiger partial charge is 0.255 e. The van der Waals surface area contributed by atoms with Crippen LogP contribution in [0.1, 0.15) is 60.6 Å². The molecule has 2 heterocycles. The van der Waals surface area contributed by atoms with E-state index in [4.69, 9.17) is 49.3 Å². The summed E-state index contributed by atoms with van der Waals surface area (Å²) in [7, 11) is 7.94. The number of nitrogens with one attached hydrogen (secondary N) is 2. The molecule has 13 heteroatoms. The van der Waals surface area contributed by atoms with Gasteiger partial charge >= 0.3 is 0 Å². The maximum Gasteiger partial charge on any atom is 0.255 e. The van der Waals surface area contributed by atoms with Crippen molar-refractivity contribution in [2.45, 2.75) is 44.7 Å². The van der Waals surface area contributed by atoms with Gasteiger partial charge in [0.05, 0.1) is 54.3 Å². The van der Waals surface area contributed by atoms with Crippen LogP contribution in [0, 0.1) is 0 Å². The van der Waals surface area contributed by atoms with Gasteiger partial charge in [-0.2, -0.15) is 0 Å². The number of ether oxygens (including phenoxy) is 7. The van der Waals surface area contributed by atoms with E-state index in [1.165, 1.54) is 0 Å². The monoisotopic (exact) mass is 771 g/mol. The molecule has 290 valence electrons. The predicted octanol–water partition coefficient (Wildman–Crippen LogP) is 9.36. The van der Waals surface area contributed by atoms with Gasteiger partial charge in [-0.3, -0.25) is 4.79 Å². The number of hydrogen-bond acceptors (Lipinski definition) is 11. The molecule has 0 spiro atoms. The summed E-state index contributed by atoms with van der Waals surface area (Å²) in [6.07, 6.45) is 5.72. The summed E-state index contributed by atoms with van der Waals surface area (Å²) in [6, 6.07) is 22.1. The molecule has 5 aromatic rings. The molecule has 6 rings (SSSR count). The van der Waals surface area contributed by atoms with Gasteiger partial charge in [-0.15, -0.1) is 0 Å². The van der Waals surface area contributed by atoms with Crippen LogP contribution in [-0.4, -0.2) is 59.8 Å². The van der Waals surface area contributed by atoms with E-state index in [1.54, 1.807) is 47.7 Å². The van der Waals surface area contributed by atoms with Gasteiger partial charge in [-0.1, -0.05) is 48.5 Å². The third kappa shape index (κ3) is 9.32. The van der Waals surface area contributed by atoms with E-state index in [9.17, 15) is 4.79 Å². The van der Waals surface area contributed by atoms with Crippen LogP contribution in [0.5, 0.6) is 40.2 Å². The van der Waals surface area contributed by atoms with Crippen molar-refractivity contribution in [2.24, 2.45) is 0 Å². The third-order valence-electron chi connectivity index (χ3n) is 9.30. The molecule has 0 saturated heterocycles. The Balaban J connectivity index is 0.923. The molecular formula is C42H46ClN3O9. The van der Waals surface area contributed by atoms with Crippen molar-refractivity contribution in [1.29, 1.82) is 0 Å². The highest BCUT2D eigenvalue weighted by Gasteiger charge is 2.26. The fourth-order valence-corrected chi connectivity index (χ4v) is 6.55. The molecule has 0 fully saturated rings. The van der Waals surface area contributed by atoms with Crippen LogP contribution in [0.4, 0.5) is 5.69 Å². The molecule has 1 atom stereocenters. The van der Waals surface area contributed by atoms with Crippen LogP contribution >= 0.6 is 11.6 Å². The van der Waals surface area contributed by atoms with Crippen LogP contribution < -0.4 is 43.8 Å². The van der Waals surface area contributed by atoms with Crippen molar-refractivity contribution in [2.75, 3.05) is 54.1 Å². The molecule has 2 N–H and O–H groups in total. The highest BCUT2D eigenvalue weighted by molar-refractivity contribution is 6.31. The standard InChI is InChI=1S/C42H46ClN3O9/c1-48-33-16-12-26(32-25-35(55-46-32)28-22-38(50-3)40(52-5)39(23-28)51-4)20-37(33)54-19-11-9-7-6-8-10-18-53-34-17-13-27(21-36(34)49-2)41-44-31-15-14-29(43)24-30(31)42(47)45-41/h12-17,20-25,41,44H,6-11,18-19H2,1-5H3,(H,45,47). The molecule has 0 saturated carbocycles. The predicted molar refractivity (Wildman–Crippen MR) is 211 cm³/mol. The molecule has 55 heavy (non-hydrogen) atoms. The molecule has 1 aliphatic heterocycles. The van der Waals surface area contributed by atoms with E-state index < -0.39 is 6.17 Å². The number of aromatic nitrogens is 1. The van der Waals surface area contributed by atoms with Crippen LogP contribution in [-0.2, 0) is 0 Å². The van der Waals surface area contributed by atoms with Crippen LogP contribution in [0.3, 0.4) is 0 Å². The van der Waals surface area contributed by atoms with Gasteiger partial charge in [-0.05, 0) is 79.1 Å². The van der Waals surface area contributed by atoms with Gasteiger partial charge in [0.25, 0.3) is 5.91 Å². The van der Waals surface area contributed by atoms with Gasteiger partial charge in [-0.25, -0.2) is 0 Å². The first kappa shape index (κ1) is 39.0. The Labute approximate surface area is 325 Å². The number of carbonyl (C=O) groups is 1. The summed E-state index contributed by atoms with van der Waals surface area (Å²) in [4.78, 5) is 12.7. The Kier molecular flexibility index (Phi) is 13.1. The lowest BCUT2D eigenvalue weighted by molar-refractivity contribution is 0.0935. The average Bonchev–Trinajstić information content (AvgIpc) is 3.71. The largest absolute Gasteiger partial charge is 0.493 e. The normalized spacial score (nSPS) is 13.3. The fourth-order valence-electron chi connectivity index (χ4n) is 6.38. The number of anilines is 1. The van der Waals surface area contributed by atoms with Crippen molar-refractivity contribution in [3.8, 4) is 62.8 Å². The molecule has 0 bridgehead atoms. The highest BCUT2D eigenvalue weighted by atomic mass is 35.5. The number of rotatable bonds is 19. The molecular weight excluding hydrogens is 726 g/mol. The number of fused-ring (bicyclic) bond motifs is 1. The maximum atomic E-state index is 12.7. The molecule has 1 aliphatic rings. The zero-order valence-electron chi connectivity index (χ0n) is 31.7. The lowest BCUT2D eigenvalue weighted by Gasteiger charge is -2.28. The summed E-state index contributed by atoms with van der Waals surface area (Å²) in [5.41, 5.74) is 4.32. The van der Waals surface area contributed by atoms with E-state index in [0.717, 1.165) is 60.9 Å². The zero-order valence-corrected chi connectivity index (χ0v) is 32.4. The number of amides is 1. The first-order valence-electron chi connectivity index (χ1n) is 18.1. The Morgan fingerprint density at radius 2 is 1.25 bits per heavy atom. The van der Waals surface area contributed by atoms with Crippen LogP contribution in [0.25, 0.3) is 22.6 Å². The number of carbonyl (C=O) groups excluding carboxylic acids is 1. The number of halogens is 1. The zero-order chi connectivity index (χ0) is 38.7. The van der Waals surface area contributed by atoms with Gasteiger partial charge in [0.2, 0.25) is 5.75 Å². The topological polar surface area (TPSA) is 132 Å². The highest BCUT2D eigenvalue weighted by Crippen LogP contribution is 2.42. The molecule has 1 unspecified atom stereocenters. The number of methoxy groups -OCH3 is 5. The van der Waals surface area contributed by atoms with E-state index in [-0.39, 0.29) is 5.91 Å². The molecule has 1 amide bonds. The van der Waals surface area contributed by atoms with Crippen molar-refractivity contribution in [1.82, 2.24) is 10.5 Å². The average molecular weight is 772 g/mol. The second-order valence-corrected chi connectivity index (χ2v) is 13.3. The fraction of sp³-hybridized carbons (Fsp3) is 0.333. The molecule has 12 nitrogen and oxygen atoms in total. The van der Waals surface area contributed by atoms with Crippen LogP contribution in [0.2, 0.25) is 5.02 Å². The second kappa shape index (κ2) is 18.5. The molecule has 0 aliphatic carbocycles. The van der Waals surface area contributed by atoms with E-state index in [2.05, 4.69) is 15.8 Å². The molecule has 1 aromatic heterocycles. The van der Waals surface area contributed by atoms with E-state index >= 15 is 0 Å². The summed E-state index contributed by atoms with van der Waals surface area (Å²) in [5.74, 6) is 4.49. The summed E-state index contributed by atoms with van der Waals surface area (Å²) in [6.45, 7) is 1.14. The van der Waals surface area contributed by atoms with Crippen molar-refractivity contribution in [3.63, 3.8) is 0 Å². The number of hydrogen-bond donors (Lipinski definition) is 2. The van der Waals surface area contributed by atoms with Gasteiger partial charge in [0, 0.05) is 27.9 Å². The molecule has 4 aromatic carbocycles. The minimum atomic E-state index is -0.405. The number of unbranched alkanes of at least 4 members (excludes halogenated alkanes) is 5. The van der Waals surface area contributed by atoms with Crippen molar-refractivity contribution >= 4 is 23.2 Å². The van der Waals surface area contributed by atoms with Crippen LogP contribution in [0.15, 0.2) is 77.3 Å². The Morgan fingerprint density at radius 3 is 1.93 bits per heavy atom. The Morgan fingerprint density at radius 1 is 0.618 bits per heavy atom. The maximum absolute atomic E-state index is 12.7. The van der Waals surface area contributed by atoms with Crippen molar-refractivity contribution in [3.05, 3.63) is 88.9 Å². The van der Waals surface area contributed by atoms with Gasteiger partial charge in [0.1, 0.15) is 11.9 Å². The van der Waals surface area contributed by atoms with Crippen molar-refractivity contribution < 1.29 is 42.5 Å². The lowest BCUT2D eigenvalue weighted by Crippen LogP contribution is -2.38. The Hall–Kier alpha value is -5.75. The second-order valence-electron chi connectivity index (χ2n) is 12.8. The summed E-state index contributed by atoms with van der Waals surface area (Å²) >= 11 is 6.07. The number of nitrogens with zero attached hydrogens (tertiary/aromatic N) is 1. The van der Waals surface area contributed by atoms with E-state index in [1.807, 2.05) is 60.7 Å². The summed E-state index contributed by atoms with van der Waals surface area (Å²) < 4.78 is 45.5. The minimum absolute atomic E-state index is 0.188. The van der Waals surface area contributed by atoms with E-state index in [0.29, 0.717) is 75.5 Å².